The lowest BCUT2D eigenvalue weighted by molar-refractivity contribution is 0.689. The first-order valence-electron chi connectivity index (χ1n) is 5.29. The van der Waals surface area contributed by atoms with Crippen LogP contribution in [-0.2, 0) is 6.42 Å². The zero-order valence-electron chi connectivity index (χ0n) is 8.20. The minimum Gasteiger partial charge on any atom is -0.161 e. The second kappa shape index (κ2) is 3.47. The van der Waals surface area contributed by atoms with Crippen molar-refractivity contribution in [3.05, 3.63) is 41.0 Å². The normalized spacial score (nSPS) is 24.9. The molecule has 1 aliphatic carbocycles. The van der Waals surface area contributed by atoms with E-state index in [1.54, 1.807) is 5.57 Å². The molecule has 1 fully saturated rings. The van der Waals surface area contributed by atoms with Gasteiger partial charge >= 0.3 is 0 Å². The summed E-state index contributed by atoms with van der Waals surface area (Å²) in [5.41, 5.74) is 4.66. The van der Waals surface area contributed by atoms with Crippen LogP contribution in [0.1, 0.15) is 17.5 Å². The van der Waals surface area contributed by atoms with E-state index < -0.39 is 0 Å². The molecule has 0 aromatic heterocycles. The molecule has 0 bridgehead atoms. The number of rotatable bonds is 1. The fourth-order valence-electron chi connectivity index (χ4n) is 2.40. The lowest BCUT2D eigenvalue weighted by atomic mass is 9.97. The molecule has 1 unspecified atom stereocenters. The van der Waals surface area contributed by atoms with Crippen molar-refractivity contribution in [3.63, 3.8) is 0 Å². The SMILES string of the molecule is C1=C(C2CCSC2)Cc2ccccc21. The number of fused-ring (bicyclic) bond motifs is 1. The van der Waals surface area contributed by atoms with Gasteiger partial charge in [0.1, 0.15) is 0 Å². The fraction of sp³-hybridized carbons (Fsp3) is 0.385. The van der Waals surface area contributed by atoms with Crippen molar-refractivity contribution in [1.82, 2.24) is 0 Å². The monoisotopic (exact) mass is 202 g/mol. The molecule has 1 saturated heterocycles. The second-order valence-electron chi connectivity index (χ2n) is 4.16. The standard InChI is InChI=1S/C13H14S/c1-2-4-11-8-13(7-10(11)3-1)12-5-6-14-9-12/h1-4,7,12H,5-6,8-9H2. The van der Waals surface area contributed by atoms with Crippen LogP contribution in [0.25, 0.3) is 6.08 Å². The third kappa shape index (κ3) is 1.40. The fourth-order valence-corrected chi connectivity index (χ4v) is 3.68. The van der Waals surface area contributed by atoms with E-state index in [0.29, 0.717) is 0 Å². The average Bonchev–Trinajstić information content (AvgIpc) is 2.86. The van der Waals surface area contributed by atoms with Crippen molar-refractivity contribution in [2.75, 3.05) is 11.5 Å². The maximum Gasteiger partial charge on any atom is -0.000125 e. The van der Waals surface area contributed by atoms with Gasteiger partial charge < -0.3 is 0 Å². The van der Waals surface area contributed by atoms with Gasteiger partial charge in [0.25, 0.3) is 0 Å². The third-order valence-electron chi connectivity index (χ3n) is 3.24. The Morgan fingerprint density at radius 2 is 2.14 bits per heavy atom. The average molecular weight is 202 g/mol. The molecule has 72 valence electrons. The molecule has 0 N–H and O–H groups in total. The Hall–Kier alpha value is -0.690. The Balaban J connectivity index is 1.87. The van der Waals surface area contributed by atoms with Crippen molar-refractivity contribution < 1.29 is 0 Å². The van der Waals surface area contributed by atoms with Crippen LogP contribution in [0.4, 0.5) is 0 Å². The number of hydrogen-bond donors (Lipinski definition) is 0. The summed E-state index contributed by atoms with van der Waals surface area (Å²) in [5.74, 6) is 3.57. The Kier molecular flexibility index (Phi) is 2.13. The van der Waals surface area contributed by atoms with Crippen molar-refractivity contribution >= 4 is 17.8 Å². The summed E-state index contributed by atoms with van der Waals surface area (Å²) in [7, 11) is 0. The van der Waals surface area contributed by atoms with E-state index in [9.17, 15) is 0 Å². The van der Waals surface area contributed by atoms with E-state index in [-0.39, 0.29) is 0 Å². The quantitative estimate of drug-likeness (QED) is 0.672. The van der Waals surface area contributed by atoms with E-state index in [0.717, 1.165) is 5.92 Å². The summed E-state index contributed by atoms with van der Waals surface area (Å²) in [4.78, 5) is 0. The van der Waals surface area contributed by atoms with Crippen LogP contribution in [0.3, 0.4) is 0 Å². The van der Waals surface area contributed by atoms with Gasteiger partial charge in [0.05, 0.1) is 0 Å². The van der Waals surface area contributed by atoms with Gasteiger partial charge in [0.2, 0.25) is 0 Å². The predicted molar refractivity (Wildman–Crippen MR) is 63.6 cm³/mol. The molecule has 0 spiro atoms. The topological polar surface area (TPSA) is 0 Å². The van der Waals surface area contributed by atoms with E-state index in [1.807, 2.05) is 0 Å². The van der Waals surface area contributed by atoms with E-state index in [1.165, 1.54) is 35.5 Å². The summed E-state index contributed by atoms with van der Waals surface area (Å²) in [6, 6.07) is 8.80. The van der Waals surface area contributed by atoms with Crippen molar-refractivity contribution in [1.29, 1.82) is 0 Å². The summed E-state index contributed by atoms with van der Waals surface area (Å²) >= 11 is 2.11. The highest BCUT2D eigenvalue weighted by atomic mass is 32.2. The van der Waals surface area contributed by atoms with Gasteiger partial charge in [-0.3, -0.25) is 0 Å². The van der Waals surface area contributed by atoms with Gasteiger partial charge in [-0.25, -0.2) is 0 Å². The number of benzene rings is 1. The minimum absolute atomic E-state index is 0.868. The molecule has 0 radical (unpaired) electrons. The summed E-state index contributed by atoms with van der Waals surface area (Å²) in [6.45, 7) is 0. The number of allylic oxidation sites excluding steroid dienone is 1. The van der Waals surface area contributed by atoms with E-state index in [2.05, 4.69) is 42.1 Å². The molecule has 1 heteroatoms. The Labute approximate surface area is 89.4 Å². The maximum absolute atomic E-state index is 2.42. The highest BCUT2D eigenvalue weighted by molar-refractivity contribution is 7.99. The summed E-state index contributed by atoms with van der Waals surface area (Å²) in [6.07, 6.45) is 5.03. The van der Waals surface area contributed by atoms with Crippen LogP contribution >= 0.6 is 11.8 Å². The van der Waals surface area contributed by atoms with Gasteiger partial charge in [-0.2, -0.15) is 11.8 Å². The molecule has 1 aromatic rings. The Morgan fingerprint density at radius 3 is 2.93 bits per heavy atom. The Bertz CT molecular complexity index is 373. The van der Waals surface area contributed by atoms with Crippen LogP contribution in [0.2, 0.25) is 0 Å². The van der Waals surface area contributed by atoms with Crippen LogP contribution in [-0.4, -0.2) is 11.5 Å². The van der Waals surface area contributed by atoms with Gasteiger partial charge in [-0.05, 0) is 41.4 Å². The van der Waals surface area contributed by atoms with Gasteiger partial charge in [-0.15, -0.1) is 0 Å². The zero-order valence-corrected chi connectivity index (χ0v) is 9.02. The zero-order chi connectivity index (χ0) is 9.38. The maximum atomic E-state index is 2.42. The van der Waals surface area contributed by atoms with Crippen molar-refractivity contribution in [3.8, 4) is 0 Å². The first-order chi connectivity index (χ1) is 6.93. The molecule has 0 amide bonds. The highest BCUT2D eigenvalue weighted by Gasteiger charge is 2.23. The molecule has 1 heterocycles. The van der Waals surface area contributed by atoms with Gasteiger partial charge in [0.15, 0.2) is 0 Å². The third-order valence-corrected chi connectivity index (χ3v) is 4.41. The molecule has 0 saturated carbocycles. The summed E-state index contributed by atoms with van der Waals surface area (Å²) < 4.78 is 0. The van der Waals surface area contributed by atoms with E-state index >= 15 is 0 Å². The second-order valence-corrected chi connectivity index (χ2v) is 5.31. The Morgan fingerprint density at radius 1 is 1.21 bits per heavy atom. The van der Waals surface area contributed by atoms with Gasteiger partial charge in [-0.1, -0.05) is 35.9 Å². The highest BCUT2D eigenvalue weighted by Crippen LogP contribution is 2.36. The van der Waals surface area contributed by atoms with Crippen LogP contribution in [0.15, 0.2) is 29.8 Å². The lowest BCUT2D eigenvalue weighted by Gasteiger charge is -2.08. The molecule has 0 nitrogen and oxygen atoms in total. The molecular formula is C13H14S. The predicted octanol–water partition coefficient (Wildman–Crippen LogP) is 3.38. The van der Waals surface area contributed by atoms with Crippen molar-refractivity contribution in [2.24, 2.45) is 5.92 Å². The van der Waals surface area contributed by atoms with Crippen LogP contribution in [0, 0.1) is 5.92 Å². The number of hydrogen-bond acceptors (Lipinski definition) is 1. The van der Waals surface area contributed by atoms with Crippen LogP contribution in [0.5, 0.6) is 0 Å². The summed E-state index contributed by atoms with van der Waals surface area (Å²) in [5, 5.41) is 0. The molecule has 3 rings (SSSR count). The first-order valence-corrected chi connectivity index (χ1v) is 6.45. The molecule has 1 aromatic carbocycles. The van der Waals surface area contributed by atoms with Crippen molar-refractivity contribution in [2.45, 2.75) is 12.8 Å². The smallest absolute Gasteiger partial charge is 0.000125 e. The van der Waals surface area contributed by atoms with Gasteiger partial charge in [0, 0.05) is 0 Å². The molecular weight excluding hydrogens is 188 g/mol. The first kappa shape index (κ1) is 8.60. The van der Waals surface area contributed by atoms with E-state index in [4.69, 9.17) is 0 Å². The molecule has 2 aliphatic rings. The minimum atomic E-state index is 0.868. The number of thioether (sulfide) groups is 1. The molecule has 1 atom stereocenters. The molecule has 14 heavy (non-hydrogen) atoms. The van der Waals surface area contributed by atoms with Crippen LogP contribution < -0.4 is 0 Å². The largest absolute Gasteiger partial charge is 0.161 e. The lowest BCUT2D eigenvalue weighted by Crippen LogP contribution is -2.01. The molecule has 1 aliphatic heterocycles.